The van der Waals surface area contributed by atoms with Crippen molar-refractivity contribution in [1.29, 1.82) is 0 Å². The minimum Gasteiger partial charge on any atom is -0.390 e. The number of piperidine rings is 1. The summed E-state index contributed by atoms with van der Waals surface area (Å²) in [5.74, 6) is 2.39. The van der Waals surface area contributed by atoms with Crippen LogP contribution in [0, 0.1) is 5.92 Å². The van der Waals surface area contributed by atoms with E-state index in [9.17, 15) is 13.5 Å². The third-order valence-electron chi connectivity index (χ3n) is 8.85. The number of benzene rings is 1. The van der Waals surface area contributed by atoms with E-state index in [4.69, 9.17) is 4.98 Å². The lowest BCUT2D eigenvalue weighted by Crippen LogP contribution is -2.57. The molecule has 4 heterocycles. The van der Waals surface area contributed by atoms with Crippen molar-refractivity contribution in [3.8, 4) is 0 Å². The van der Waals surface area contributed by atoms with Crippen molar-refractivity contribution in [3.05, 3.63) is 42.2 Å². The van der Waals surface area contributed by atoms with Crippen LogP contribution in [0.3, 0.4) is 0 Å². The van der Waals surface area contributed by atoms with E-state index in [2.05, 4.69) is 53.1 Å². The molecule has 2 aliphatic heterocycles. The molecule has 11 heteroatoms. The first-order valence-electron chi connectivity index (χ1n) is 14.6. The van der Waals surface area contributed by atoms with Gasteiger partial charge in [-0.2, -0.15) is 4.98 Å². The third-order valence-corrected chi connectivity index (χ3v) is 10.7. The van der Waals surface area contributed by atoms with Gasteiger partial charge in [-0.3, -0.25) is 0 Å². The van der Waals surface area contributed by atoms with E-state index in [1.54, 1.807) is 31.0 Å². The second-order valence-electron chi connectivity index (χ2n) is 11.8. The number of hydrogen-bond acceptors (Lipinski definition) is 9. The maximum absolute atomic E-state index is 15.2. The van der Waals surface area contributed by atoms with Gasteiger partial charge in [0, 0.05) is 54.3 Å². The van der Waals surface area contributed by atoms with Gasteiger partial charge >= 0.3 is 0 Å². The second-order valence-corrected chi connectivity index (χ2v) is 14.2. The van der Waals surface area contributed by atoms with Gasteiger partial charge in [0.05, 0.1) is 18.4 Å². The van der Waals surface area contributed by atoms with E-state index in [0.717, 1.165) is 16.5 Å². The van der Waals surface area contributed by atoms with E-state index in [1.165, 1.54) is 5.56 Å². The maximum Gasteiger partial charge on any atom is 0.227 e. The van der Waals surface area contributed by atoms with Gasteiger partial charge < -0.3 is 20.2 Å². The zero-order chi connectivity index (χ0) is 29.5. The summed E-state index contributed by atoms with van der Waals surface area (Å²) in [6.45, 7) is 11.1. The molecule has 0 spiro atoms. The molecule has 5 rings (SSSR count). The molecule has 2 aromatic heterocycles. The first kappa shape index (κ1) is 29.4. The van der Waals surface area contributed by atoms with Crippen molar-refractivity contribution in [2.24, 2.45) is 5.92 Å². The number of aliphatic hydroxyl groups is 1. The molecule has 0 radical (unpaired) electrons. The lowest BCUT2D eigenvalue weighted by molar-refractivity contribution is -0.0238. The summed E-state index contributed by atoms with van der Waals surface area (Å²) in [6, 6.07) is 8.18. The normalized spacial score (nSPS) is 25.0. The first-order chi connectivity index (χ1) is 19.4. The van der Waals surface area contributed by atoms with Gasteiger partial charge in [0.2, 0.25) is 5.95 Å². The number of hydrogen-bond donors (Lipinski definition) is 2. The van der Waals surface area contributed by atoms with Crippen LogP contribution in [-0.4, -0.2) is 77.4 Å². The molecule has 4 atom stereocenters. The van der Waals surface area contributed by atoms with Crippen LogP contribution in [-0.2, 0) is 9.84 Å². The predicted molar refractivity (Wildman–Crippen MR) is 163 cm³/mol. The molecule has 41 heavy (non-hydrogen) atoms. The molecular weight excluding hydrogens is 543 g/mol. The number of halogens is 1. The van der Waals surface area contributed by atoms with Crippen LogP contribution in [0.2, 0.25) is 0 Å². The number of fused-ring (bicyclic) bond motifs is 1. The van der Waals surface area contributed by atoms with Crippen molar-refractivity contribution in [1.82, 2.24) is 15.0 Å². The van der Waals surface area contributed by atoms with Crippen molar-refractivity contribution < 1.29 is 17.9 Å². The summed E-state index contributed by atoms with van der Waals surface area (Å²) < 4.78 is 39.6. The van der Waals surface area contributed by atoms with E-state index >= 15 is 4.39 Å². The van der Waals surface area contributed by atoms with Gasteiger partial charge in [-0.1, -0.05) is 33.8 Å². The van der Waals surface area contributed by atoms with E-state index in [0.29, 0.717) is 37.1 Å². The Hall–Kier alpha value is -3.05. The lowest BCUT2D eigenvalue weighted by atomic mass is 9.88. The highest BCUT2D eigenvalue weighted by Gasteiger charge is 2.42. The highest BCUT2D eigenvalue weighted by Crippen LogP contribution is 2.40. The minimum absolute atomic E-state index is 0.0447. The van der Waals surface area contributed by atoms with E-state index in [1.807, 2.05) is 12.3 Å². The van der Waals surface area contributed by atoms with Crippen LogP contribution in [0.5, 0.6) is 0 Å². The van der Waals surface area contributed by atoms with E-state index < -0.39 is 21.6 Å². The van der Waals surface area contributed by atoms with Gasteiger partial charge in [0.15, 0.2) is 5.67 Å². The molecule has 9 nitrogen and oxygen atoms in total. The summed E-state index contributed by atoms with van der Waals surface area (Å²) >= 11 is 0. The molecule has 0 amide bonds. The van der Waals surface area contributed by atoms with Crippen LogP contribution in [0.4, 0.5) is 27.7 Å². The number of nitrogens with one attached hydrogen (secondary N) is 1. The quantitative estimate of drug-likeness (QED) is 0.365. The monoisotopic (exact) mass is 584 g/mol. The zero-order valence-corrected chi connectivity index (χ0v) is 25.3. The Morgan fingerprint density at radius 1 is 1.17 bits per heavy atom. The fourth-order valence-electron chi connectivity index (χ4n) is 5.97. The Bertz CT molecular complexity index is 1520. The van der Waals surface area contributed by atoms with Crippen molar-refractivity contribution in [3.63, 3.8) is 0 Å². The number of nitrogens with zero attached hydrogens (tertiary/aromatic N) is 5. The Balaban J connectivity index is 1.40. The maximum atomic E-state index is 15.2. The van der Waals surface area contributed by atoms with E-state index in [-0.39, 0.29) is 42.3 Å². The molecule has 222 valence electrons. The van der Waals surface area contributed by atoms with Crippen molar-refractivity contribution >= 4 is 43.9 Å². The molecule has 1 aromatic carbocycles. The fraction of sp³-hybridized carbons (Fsp3) is 0.567. The summed E-state index contributed by atoms with van der Waals surface area (Å²) in [7, 11) is -3.02. The molecular formula is C30H41FN6O3S. The van der Waals surface area contributed by atoms with Crippen LogP contribution in [0.1, 0.15) is 58.9 Å². The number of sulfone groups is 1. The Morgan fingerprint density at radius 3 is 2.63 bits per heavy atom. The van der Waals surface area contributed by atoms with Gasteiger partial charge in [-0.15, -0.1) is 0 Å². The standard InChI is InChI=1S/C30H41FN6O3S/c1-6-30(31)18-36(13-11-26(30)38)29-32-12-10-27(35-29)34-28-14-23-22(19(3)4)8-9-25(24(23)15-33-28)37-16-21(20(37)5)17-41(39,40)7-2/h8-10,12,14-15,19-21,26,38H,6-7,11,13,16-18H2,1-5H3,(H,32,33,34,35)/t20-,21-,26+,30-/m1/s1. The smallest absolute Gasteiger partial charge is 0.227 e. The molecule has 3 aromatic rings. The number of aromatic nitrogens is 3. The number of rotatable bonds is 9. The molecule has 0 saturated carbocycles. The van der Waals surface area contributed by atoms with Crippen molar-refractivity contribution in [2.45, 2.75) is 71.2 Å². The number of aliphatic hydroxyl groups excluding tert-OH is 1. The van der Waals surface area contributed by atoms with Gasteiger partial charge in [0.1, 0.15) is 21.5 Å². The molecule has 2 fully saturated rings. The Morgan fingerprint density at radius 2 is 1.95 bits per heavy atom. The highest BCUT2D eigenvalue weighted by molar-refractivity contribution is 7.91. The van der Waals surface area contributed by atoms with Crippen molar-refractivity contribution in [2.75, 3.05) is 46.3 Å². The summed E-state index contributed by atoms with van der Waals surface area (Å²) in [6.07, 6.45) is 3.07. The number of pyridine rings is 1. The summed E-state index contributed by atoms with van der Waals surface area (Å²) in [4.78, 5) is 17.8. The largest absolute Gasteiger partial charge is 0.390 e. The molecule has 0 unspecified atom stereocenters. The number of alkyl halides is 1. The summed E-state index contributed by atoms with van der Waals surface area (Å²) in [5, 5.41) is 15.6. The van der Waals surface area contributed by atoms with Gasteiger partial charge in [0.25, 0.3) is 0 Å². The average molecular weight is 585 g/mol. The summed E-state index contributed by atoms with van der Waals surface area (Å²) in [5.41, 5.74) is 0.568. The predicted octanol–water partition coefficient (Wildman–Crippen LogP) is 4.84. The molecule has 0 aliphatic carbocycles. The molecule has 2 N–H and O–H groups in total. The first-order valence-corrected chi connectivity index (χ1v) is 16.4. The van der Waals surface area contributed by atoms with Gasteiger partial charge in [-0.25, -0.2) is 22.8 Å². The third kappa shape index (κ3) is 5.83. The average Bonchev–Trinajstić information content (AvgIpc) is 2.96. The van der Waals surface area contributed by atoms with Crippen LogP contribution in [0.15, 0.2) is 36.7 Å². The minimum atomic E-state index is -3.02. The van der Waals surface area contributed by atoms with Gasteiger partial charge in [-0.05, 0) is 54.8 Å². The molecule has 2 aliphatic rings. The van der Waals surface area contributed by atoms with Crippen LogP contribution >= 0.6 is 0 Å². The highest BCUT2D eigenvalue weighted by atomic mass is 32.2. The number of anilines is 4. The fourth-order valence-corrected chi connectivity index (χ4v) is 7.24. The zero-order valence-electron chi connectivity index (χ0n) is 24.5. The topological polar surface area (TPSA) is 112 Å². The lowest BCUT2D eigenvalue weighted by Gasteiger charge is -2.48. The molecule has 0 bridgehead atoms. The second kappa shape index (κ2) is 11.3. The SMILES string of the molecule is CC[C@@]1(F)CN(c2nccc(Nc3cc4c(C(C)C)ccc(N5C[C@H](CS(=O)(=O)CC)[C@H]5C)c4cn3)n2)CC[C@@H]1O. The Labute approximate surface area is 242 Å². The Kier molecular flexibility index (Phi) is 8.13. The van der Waals surface area contributed by atoms with Crippen LogP contribution in [0.25, 0.3) is 10.8 Å². The van der Waals surface area contributed by atoms with Crippen LogP contribution < -0.4 is 15.1 Å². The molecule has 2 saturated heterocycles.